The zero-order chi connectivity index (χ0) is 9.42. The molecule has 0 amide bonds. The molecule has 1 aromatic rings. The summed E-state index contributed by atoms with van der Waals surface area (Å²) in [5.41, 5.74) is 7.86. The van der Waals surface area contributed by atoms with Gasteiger partial charge in [0.05, 0.1) is 19.3 Å². The van der Waals surface area contributed by atoms with Gasteiger partial charge in [-0.3, -0.25) is 0 Å². The molecular weight excluding hydrogens is 166 g/mol. The third-order valence-corrected chi connectivity index (χ3v) is 2.58. The number of fused-ring (bicyclic) bond motifs is 1. The van der Waals surface area contributed by atoms with E-state index in [1.165, 1.54) is 0 Å². The highest BCUT2D eigenvalue weighted by molar-refractivity contribution is 5.46. The molecule has 0 unspecified atom stereocenters. The summed E-state index contributed by atoms with van der Waals surface area (Å²) in [5, 5.41) is 9.56. The first-order valence-corrected chi connectivity index (χ1v) is 4.33. The Kier molecular flexibility index (Phi) is 1.98. The zero-order valence-corrected chi connectivity index (χ0v) is 7.53. The van der Waals surface area contributed by atoms with Crippen LogP contribution >= 0.6 is 0 Å². The number of aliphatic hydroxyl groups is 1. The molecule has 0 radical (unpaired) electrons. The Labute approximate surface area is 77.1 Å². The van der Waals surface area contributed by atoms with E-state index in [-0.39, 0.29) is 6.04 Å². The lowest BCUT2D eigenvalue weighted by molar-refractivity contribution is 0.158. The minimum atomic E-state index is -0.466. The Bertz CT molecular complexity index is 325. The van der Waals surface area contributed by atoms with Crippen molar-refractivity contribution in [1.29, 1.82) is 0 Å². The number of methoxy groups -OCH3 is 1. The van der Waals surface area contributed by atoms with Crippen LogP contribution in [-0.4, -0.2) is 18.3 Å². The average Bonchev–Trinajstić information content (AvgIpc) is 2.43. The van der Waals surface area contributed by atoms with Crippen LogP contribution in [0.25, 0.3) is 0 Å². The van der Waals surface area contributed by atoms with Crippen LogP contribution in [0, 0.1) is 0 Å². The van der Waals surface area contributed by atoms with E-state index in [0.29, 0.717) is 6.42 Å². The van der Waals surface area contributed by atoms with Crippen molar-refractivity contribution in [1.82, 2.24) is 0 Å². The number of aliphatic hydroxyl groups excluding tert-OH is 1. The van der Waals surface area contributed by atoms with Crippen molar-refractivity contribution >= 4 is 0 Å². The Morgan fingerprint density at radius 3 is 3.00 bits per heavy atom. The number of ether oxygens (including phenoxy) is 1. The van der Waals surface area contributed by atoms with E-state index in [1.807, 2.05) is 18.2 Å². The molecule has 0 aliphatic heterocycles. The van der Waals surface area contributed by atoms with Gasteiger partial charge in [0.1, 0.15) is 5.75 Å². The van der Waals surface area contributed by atoms with Crippen LogP contribution in [0.2, 0.25) is 0 Å². The highest BCUT2D eigenvalue weighted by Crippen LogP contribution is 2.35. The zero-order valence-electron chi connectivity index (χ0n) is 7.53. The minimum Gasteiger partial charge on any atom is -0.496 e. The monoisotopic (exact) mass is 179 g/mol. The molecule has 0 heterocycles. The van der Waals surface area contributed by atoms with Gasteiger partial charge in [0.25, 0.3) is 0 Å². The van der Waals surface area contributed by atoms with Crippen molar-refractivity contribution in [2.75, 3.05) is 7.11 Å². The SMILES string of the molecule is COc1cccc2c1C[C@@H](O)[C@H]2N. The van der Waals surface area contributed by atoms with Crippen LogP contribution in [0.4, 0.5) is 0 Å². The summed E-state index contributed by atoms with van der Waals surface area (Å²) >= 11 is 0. The molecule has 13 heavy (non-hydrogen) atoms. The van der Waals surface area contributed by atoms with E-state index in [2.05, 4.69) is 0 Å². The maximum atomic E-state index is 9.56. The van der Waals surface area contributed by atoms with Crippen LogP contribution < -0.4 is 10.5 Å². The van der Waals surface area contributed by atoms with Crippen LogP contribution in [-0.2, 0) is 6.42 Å². The Balaban J connectivity index is 2.49. The number of rotatable bonds is 1. The van der Waals surface area contributed by atoms with Crippen LogP contribution in [0.1, 0.15) is 17.2 Å². The number of benzene rings is 1. The molecule has 70 valence electrons. The molecule has 1 aromatic carbocycles. The summed E-state index contributed by atoms with van der Waals surface area (Å²) in [5.74, 6) is 0.824. The smallest absolute Gasteiger partial charge is 0.122 e. The molecule has 1 aliphatic rings. The van der Waals surface area contributed by atoms with Gasteiger partial charge in [0.2, 0.25) is 0 Å². The van der Waals surface area contributed by atoms with E-state index in [9.17, 15) is 5.11 Å². The third-order valence-electron chi connectivity index (χ3n) is 2.58. The van der Waals surface area contributed by atoms with E-state index in [4.69, 9.17) is 10.5 Å². The maximum absolute atomic E-state index is 9.56. The van der Waals surface area contributed by atoms with Gasteiger partial charge in [-0.15, -0.1) is 0 Å². The molecule has 0 bridgehead atoms. The predicted molar refractivity (Wildman–Crippen MR) is 49.6 cm³/mol. The summed E-state index contributed by atoms with van der Waals surface area (Å²) in [6, 6.07) is 5.47. The fraction of sp³-hybridized carbons (Fsp3) is 0.400. The van der Waals surface area contributed by atoms with Crippen molar-refractivity contribution in [3.63, 3.8) is 0 Å². The quantitative estimate of drug-likeness (QED) is 0.664. The predicted octanol–water partition coefficient (Wildman–Crippen LogP) is 0.612. The molecule has 0 saturated carbocycles. The third kappa shape index (κ3) is 1.20. The second kappa shape index (κ2) is 3.01. The standard InChI is InChI=1S/C10H13NO2/c1-13-9-4-2-3-6-7(9)5-8(12)10(6)11/h2-4,8,10,12H,5,11H2,1H3/t8-,10+/m1/s1. The summed E-state index contributed by atoms with van der Waals surface area (Å²) in [6.45, 7) is 0. The molecule has 3 nitrogen and oxygen atoms in total. The van der Waals surface area contributed by atoms with Crippen molar-refractivity contribution in [2.24, 2.45) is 5.73 Å². The molecule has 1 aliphatic carbocycles. The molecule has 0 fully saturated rings. The van der Waals surface area contributed by atoms with Gasteiger partial charge in [-0.25, -0.2) is 0 Å². The lowest BCUT2D eigenvalue weighted by Gasteiger charge is -2.08. The first-order chi connectivity index (χ1) is 6.24. The second-order valence-electron chi connectivity index (χ2n) is 3.33. The van der Waals surface area contributed by atoms with Gasteiger partial charge < -0.3 is 15.6 Å². The molecule has 2 atom stereocenters. The highest BCUT2D eigenvalue weighted by Gasteiger charge is 2.29. The molecular formula is C10H13NO2. The lowest BCUT2D eigenvalue weighted by Crippen LogP contribution is -2.21. The fourth-order valence-corrected chi connectivity index (χ4v) is 1.85. The molecule has 3 heteroatoms. The fourth-order valence-electron chi connectivity index (χ4n) is 1.85. The number of hydrogen-bond acceptors (Lipinski definition) is 3. The summed E-state index contributed by atoms with van der Waals surface area (Å²) in [7, 11) is 1.63. The average molecular weight is 179 g/mol. The Morgan fingerprint density at radius 2 is 2.31 bits per heavy atom. The minimum absolute atomic E-state index is 0.259. The van der Waals surface area contributed by atoms with Crippen molar-refractivity contribution in [3.8, 4) is 5.75 Å². The van der Waals surface area contributed by atoms with Gasteiger partial charge >= 0.3 is 0 Å². The first-order valence-electron chi connectivity index (χ1n) is 4.33. The van der Waals surface area contributed by atoms with Gasteiger partial charge in [0, 0.05) is 12.0 Å². The summed E-state index contributed by atoms with van der Waals surface area (Å²) < 4.78 is 5.19. The second-order valence-corrected chi connectivity index (χ2v) is 3.33. The normalized spacial score (nSPS) is 25.8. The molecule has 2 rings (SSSR count). The number of hydrogen-bond donors (Lipinski definition) is 2. The summed E-state index contributed by atoms with van der Waals surface area (Å²) in [6.07, 6.45) is 0.131. The lowest BCUT2D eigenvalue weighted by atomic mass is 10.1. The molecule has 0 spiro atoms. The van der Waals surface area contributed by atoms with Gasteiger partial charge in [-0.05, 0) is 11.6 Å². The van der Waals surface area contributed by atoms with Crippen molar-refractivity contribution < 1.29 is 9.84 Å². The first kappa shape index (κ1) is 8.53. The topological polar surface area (TPSA) is 55.5 Å². The van der Waals surface area contributed by atoms with E-state index < -0.39 is 6.10 Å². The Hall–Kier alpha value is -1.06. The Morgan fingerprint density at radius 1 is 1.54 bits per heavy atom. The highest BCUT2D eigenvalue weighted by atomic mass is 16.5. The summed E-state index contributed by atoms with van der Waals surface area (Å²) in [4.78, 5) is 0. The molecule has 3 N–H and O–H groups in total. The van der Waals surface area contributed by atoms with E-state index in [1.54, 1.807) is 7.11 Å². The van der Waals surface area contributed by atoms with Gasteiger partial charge in [-0.2, -0.15) is 0 Å². The van der Waals surface area contributed by atoms with Crippen molar-refractivity contribution in [2.45, 2.75) is 18.6 Å². The van der Waals surface area contributed by atoms with Gasteiger partial charge in [-0.1, -0.05) is 12.1 Å². The maximum Gasteiger partial charge on any atom is 0.122 e. The van der Waals surface area contributed by atoms with Crippen molar-refractivity contribution in [3.05, 3.63) is 29.3 Å². The van der Waals surface area contributed by atoms with Crippen LogP contribution in [0.3, 0.4) is 0 Å². The van der Waals surface area contributed by atoms with Crippen LogP contribution in [0.5, 0.6) is 5.75 Å². The molecule has 0 aromatic heterocycles. The van der Waals surface area contributed by atoms with E-state index >= 15 is 0 Å². The van der Waals surface area contributed by atoms with Crippen LogP contribution in [0.15, 0.2) is 18.2 Å². The number of nitrogens with two attached hydrogens (primary N) is 1. The largest absolute Gasteiger partial charge is 0.496 e. The molecule has 0 saturated heterocycles. The van der Waals surface area contributed by atoms with E-state index in [0.717, 1.165) is 16.9 Å². The van der Waals surface area contributed by atoms with Gasteiger partial charge in [0.15, 0.2) is 0 Å².